The van der Waals surface area contributed by atoms with E-state index in [0.717, 1.165) is 6.20 Å². The summed E-state index contributed by atoms with van der Waals surface area (Å²) < 4.78 is 96.9. The molecule has 3 aromatic rings. The minimum atomic E-state index is -4.73. The minimum Gasteiger partial charge on any atom is -0.481 e. The van der Waals surface area contributed by atoms with Gasteiger partial charge in [-0.25, -0.2) is 27.3 Å². The van der Waals surface area contributed by atoms with Crippen LogP contribution in [0.5, 0.6) is 5.88 Å². The molecular weight excluding hydrogens is 501 g/mol. The second-order valence-corrected chi connectivity index (χ2v) is 9.14. The van der Waals surface area contributed by atoms with Crippen molar-refractivity contribution in [1.29, 1.82) is 0 Å². The SMILES string of the molecule is COc1ccc2c3c(cnc2n1)N(CC(F)(F)F)C(=O)CN3Cc1c(F)cc(S(N)(=O)=O)cc1F. The fourth-order valence-corrected chi connectivity index (χ4v) is 4.25. The number of benzene rings is 1. The van der Waals surface area contributed by atoms with Crippen LogP contribution < -0.4 is 19.7 Å². The number of carbonyl (C=O) groups is 1. The molecule has 0 aliphatic carbocycles. The molecule has 1 aliphatic heterocycles. The lowest BCUT2D eigenvalue weighted by atomic mass is 10.1. The number of sulfonamides is 1. The van der Waals surface area contributed by atoms with Crippen LogP contribution in [-0.4, -0.2) is 50.7 Å². The number of nitrogens with two attached hydrogens (primary N) is 1. The van der Waals surface area contributed by atoms with Gasteiger partial charge in [-0.3, -0.25) is 9.69 Å². The molecule has 0 fully saturated rings. The van der Waals surface area contributed by atoms with Gasteiger partial charge in [-0.15, -0.1) is 0 Å². The number of methoxy groups -OCH3 is 1. The van der Waals surface area contributed by atoms with Crippen LogP contribution in [0, 0.1) is 11.6 Å². The molecular formula is C20H16F5N5O4S. The molecule has 2 aromatic heterocycles. The summed E-state index contributed by atoms with van der Waals surface area (Å²) in [5.74, 6) is -3.36. The molecule has 1 aromatic carbocycles. The van der Waals surface area contributed by atoms with Gasteiger partial charge in [-0.1, -0.05) is 0 Å². The van der Waals surface area contributed by atoms with Gasteiger partial charge in [-0.05, 0) is 18.2 Å². The van der Waals surface area contributed by atoms with Crippen molar-refractivity contribution in [3.8, 4) is 5.88 Å². The van der Waals surface area contributed by atoms with Gasteiger partial charge in [0.25, 0.3) is 0 Å². The Morgan fingerprint density at radius 3 is 2.40 bits per heavy atom. The molecule has 15 heteroatoms. The van der Waals surface area contributed by atoms with E-state index in [1.165, 1.54) is 24.1 Å². The average Bonchev–Trinajstić information content (AvgIpc) is 2.76. The first-order valence-electron chi connectivity index (χ1n) is 9.75. The number of hydrogen-bond acceptors (Lipinski definition) is 7. The summed E-state index contributed by atoms with van der Waals surface area (Å²) in [5, 5.41) is 5.12. The quantitative estimate of drug-likeness (QED) is 0.517. The third kappa shape index (κ3) is 4.81. The lowest BCUT2D eigenvalue weighted by Crippen LogP contribution is -2.49. The summed E-state index contributed by atoms with van der Waals surface area (Å²) in [4.78, 5) is 21.7. The van der Waals surface area contributed by atoms with E-state index >= 15 is 0 Å². The van der Waals surface area contributed by atoms with Crippen molar-refractivity contribution < 1.29 is 39.9 Å². The van der Waals surface area contributed by atoms with Crippen molar-refractivity contribution in [2.75, 3.05) is 30.0 Å². The minimum absolute atomic E-state index is 0.0309. The van der Waals surface area contributed by atoms with Crippen LogP contribution in [0.2, 0.25) is 0 Å². The van der Waals surface area contributed by atoms with E-state index in [4.69, 9.17) is 9.88 Å². The molecule has 3 heterocycles. The second kappa shape index (κ2) is 8.57. The highest BCUT2D eigenvalue weighted by atomic mass is 32.2. The molecule has 0 atom stereocenters. The number of anilines is 2. The second-order valence-electron chi connectivity index (χ2n) is 7.58. The van der Waals surface area contributed by atoms with Gasteiger partial charge in [0.1, 0.15) is 18.2 Å². The molecule has 2 N–H and O–H groups in total. The number of rotatable bonds is 5. The number of hydrogen-bond donors (Lipinski definition) is 1. The fourth-order valence-electron chi connectivity index (χ4n) is 3.71. The molecule has 4 rings (SSSR count). The number of carbonyl (C=O) groups excluding carboxylic acids is 1. The first kappa shape index (κ1) is 24.5. The van der Waals surface area contributed by atoms with Crippen molar-refractivity contribution in [2.24, 2.45) is 5.14 Å². The largest absolute Gasteiger partial charge is 0.481 e. The third-order valence-corrected chi connectivity index (χ3v) is 6.12. The van der Waals surface area contributed by atoms with Gasteiger partial charge in [0.2, 0.25) is 21.8 Å². The number of nitrogens with zero attached hydrogens (tertiary/aromatic N) is 4. The molecule has 0 saturated heterocycles. The van der Waals surface area contributed by atoms with Gasteiger partial charge < -0.3 is 9.64 Å². The smallest absolute Gasteiger partial charge is 0.406 e. The molecule has 1 amide bonds. The molecule has 0 bridgehead atoms. The highest BCUT2D eigenvalue weighted by Crippen LogP contribution is 2.41. The van der Waals surface area contributed by atoms with E-state index in [2.05, 4.69) is 9.97 Å². The van der Waals surface area contributed by atoms with E-state index < -0.39 is 63.8 Å². The Hall–Kier alpha value is -3.59. The van der Waals surface area contributed by atoms with Crippen LogP contribution in [0.4, 0.5) is 33.3 Å². The number of primary sulfonamides is 1. The van der Waals surface area contributed by atoms with Crippen LogP contribution in [-0.2, 0) is 21.4 Å². The van der Waals surface area contributed by atoms with Crippen LogP contribution in [0.1, 0.15) is 5.56 Å². The summed E-state index contributed by atoms with van der Waals surface area (Å²) >= 11 is 0. The fraction of sp³-hybridized carbons (Fsp3) is 0.250. The predicted octanol–water partition coefficient (Wildman–Crippen LogP) is 2.48. The maximum Gasteiger partial charge on any atom is 0.406 e. The Labute approximate surface area is 195 Å². The van der Waals surface area contributed by atoms with E-state index in [0.29, 0.717) is 17.0 Å². The Morgan fingerprint density at radius 1 is 1.17 bits per heavy atom. The van der Waals surface area contributed by atoms with Crippen molar-refractivity contribution in [3.05, 3.63) is 47.7 Å². The maximum absolute atomic E-state index is 14.7. The predicted molar refractivity (Wildman–Crippen MR) is 113 cm³/mol. The Balaban J connectivity index is 1.87. The van der Waals surface area contributed by atoms with Crippen molar-refractivity contribution in [1.82, 2.24) is 9.97 Å². The van der Waals surface area contributed by atoms with E-state index in [1.54, 1.807) is 0 Å². The van der Waals surface area contributed by atoms with Crippen LogP contribution in [0.15, 0.2) is 35.4 Å². The normalized spacial score (nSPS) is 14.4. The first-order valence-corrected chi connectivity index (χ1v) is 11.3. The van der Waals surface area contributed by atoms with Crippen molar-refractivity contribution in [2.45, 2.75) is 17.6 Å². The lowest BCUT2D eigenvalue weighted by molar-refractivity contribution is -0.132. The molecule has 0 saturated carbocycles. The summed E-state index contributed by atoms with van der Waals surface area (Å²) in [6.07, 6.45) is -3.72. The standard InChI is InChI=1S/C20H16F5N5O4S/c1-34-16-3-2-11-18-15(6-27-19(11)28-16)30(9-20(23,24)25)17(31)8-29(18)7-12-13(21)4-10(5-14(12)22)35(26,32)33/h2-6H,7-9H2,1H3,(H2,26,32,33). The Kier molecular flexibility index (Phi) is 6.00. The summed E-state index contributed by atoms with van der Waals surface area (Å²) in [5.41, 5.74) is -0.768. The molecule has 1 aliphatic rings. The number of aromatic nitrogens is 2. The Bertz CT molecular complexity index is 1420. The van der Waals surface area contributed by atoms with Gasteiger partial charge in [0.05, 0.1) is 36.1 Å². The van der Waals surface area contributed by atoms with E-state index in [-0.39, 0.29) is 28.3 Å². The molecule has 0 unspecified atom stereocenters. The number of amides is 1. The highest BCUT2D eigenvalue weighted by molar-refractivity contribution is 7.89. The maximum atomic E-state index is 14.7. The number of ether oxygens (including phenoxy) is 1. The Morgan fingerprint density at radius 2 is 1.83 bits per heavy atom. The molecule has 9 nitrogen and oxygen atoms in total. The number of fused-ring (bicyclic) bond motifs is 3. The zero-order chi connectivity index (χ0) is 25.7. The summed E-state index contributed by atoms with van der Waals surface area (Å²) in [6, 6.07) is 3.90. The topological polar surface area (TPSA) is 119 Å². The molecule has 186 valence electrons. The summed E-state index contributed by atoms with van der Waals surface area (Å²) in [7, 11) is -3.06. The monoisotopic (exact) mass is 517 g/mol. The van der Waals surface area contributed by atoms with Crippen LogP contribution in [0.25, 0.3) is 11.0 Å². The molecule has 35 heavy (non-hydrogen) atoms. The number of pyridine rings is 2. The van der Waals surface area contributed by atoms with Gasteiger partial charge in [0, 0.05) is 23.6 Å². The number of halogens is 5. The molecule has 0 radical (unpaired) electrons. The lowest BCUT2D eigenvalue weighted by Gasteiger charge is -2.38. The van der Waals surface area contributed by atoms with E-state index in [1.807, 2.05) is 0 Å². The van der Waals surface area contributed by atoms with Gasteiger partial charge in [0.15, 0.2) is 5.65 Å². The number of alkyl halides is 3. The van der Waals surface area contributed by atoms with Crippen LogP contribution in [0.3, 0.4) is 0 Å². The first-order chi connectivity index (χ1) is 16.3. The van der Waals surface area contributed by atoms with Gasteiger partial charge >= 0.3 is 6.18 Å². The van der Waals surface area contributed by atoms with Crippen molar-refractivity contribution in [3.63, 3.8) is 0 Å². The van der Waals surface area contributed by atoms with E-state index in [9.17, 15) is 35.2 Å². The zero-order valence-corrected chi connectivity index (χ0v) is 18.6. The van der Waals surface area contributed by atoms with Gasteiger partial charge in [-0.2, -0.15) is 18.2 Å². The summed E-state index contributed by atoms with van der Waals surface area (Å²) in [6.45, 7) is -2.88. The van der Waals surface area contributed by atoms with Crippen LogP contribution >= 0.6 is 0 Å². The third-order valence-electron chi connectivity index (χ3n) is 5.23. The highest BCUT2D eigenvalue weighted by Gasteiger charge is 2.39. The van der Waals surface area contributed by atoms with Crippen molar-refractivity contribution >= 4 is 38.3 Å². The average molecular weight is 517 g/mol. The molecule has 0 spiro atoms. The zero-order valence-electron chi connectivity index (χ0n) is 17.8.